The van der Waals surface area contributed by atoms with E-state index in [1.807, 2.05) is 23.1 Å². The Hall–Kier alpha value is -2.17. The molecule has 1 aliphatic heterocycles. The summed E-state index contributed by atoms with van der Waals surface area (Å²) in [6, 6.07) is 10.2. The van der Waals surface area contributed by atoms with E-state index in [0.717, 1.165) is 13.0 Å². The molecular formula is C15H17N3O2. The molecule has 1 atom stereocenters. The van der Waals surface area contributed by atoms with Gasteiger partial charge in [0, 0.05) is 32.4 Å². The number of carbonyl (C=O) groups excluding carboxylic acids is 1. The van der Waals surface area contributed by atoms with Crippen molar-refractivity contribution in [3.05, 3.63) is 47.6 Å². The summed E-state index contributed by atoms with van der Waals surface area (Å²) in [6.45, 7) is 3.20. The first kappa shape index (κ1) is 12.8. The largest absolute Gasteiger partial charge is 0.342 e. The van der Waals surface area contributed by atoms with Crippen LogP contribution in [-0.4, -0.2) is 34.0 Å². The average Bonchev–Trinajstić information content (AvgIpc) is 3.04. The molecule has 1 amide bonds. The molecule has 2 aromatic rings. The Balaban J connectivity index is 1.60. The van der Waals surface area contributed by atoms with Crippen molar-refractivity contribution in [1.29, 1.82) is 0 Å². The van der Waals surface area contributed by atoms with Crippen molar-refractivity contribution in [2.75, 3.05) is 13.1 Å². The van der Waals surface area contributed by atoms with Crippen molar-refractivity contribution >= 4 is 5.91 Å². The molecule has 1 saturated heterocycles. The lowest BCUT2D eigenvalue weighted by Gasteiger charge is -2.15. The lowest BCUT2D eigenvalue weighted by molar-refractivity contribution is -0.127. The number of hydrogen-bond acceptors (Lipinski definition) is 4. The maximum absolute atomic E-state index is 12.0. The Morgan fingerprint density at radius 2 is 2.15 bits per heavy atom. The fourth-order valence-electron chi connectivity index (χ4n) is 2.55. The summed E-state index contributed by atoms with van der Waals surface area (Å²) in [5, 5.41) is 3.92. The second kappa shape index (κ2) is 5.45. The summed E-state index contributed by atoms with van der Waals surface area (Å²) in [5.74, 6) is 1.44. The monoisotopic (exact) mass is 271 g/mol. The van der Waals surface area contributed by atoms with Gasteiger partial charge in [-0.3, -0.25) is 4.79 Å². The van der Waals surface area contributed by atoms with E-state index in [1.54, 1.807) is 6.92 Å². The SMILES string of the molecule is Cc1nc(C2CC(=O)N(CCc3ccccc3)C2)no1. The van der Waals surface area contributed by atoms with Gasteiger partial charge in [0.2, 0.25) is 11.8 Å². The van der Waals surface area contributed by atoms with E-state index in [2.05, 4.69) is 22.3 Å². The van der Waals surface area contributed by atoms with Crippen molar-refractivity contribution in [1.82, 2.24) is 15.0 Å². The zero-order chi connectivity index (χ0) is 13.9. The van der Waals surface area contributed by atoms with Crippen LogP contribution in [0.5, 0.6) is 0 Å². The van der Waals surface area contributed by atoms with Gasteiger partial charge in [-0.2, -0.15) is 4.98 Å². The van der Waals surface area contributed by atoms with Crippen molar-refractivity contribution in [2.45, 2.75) is 25.7 Å². The van der Waals surface area contributed by atoms with Gasteiger partial charge in [-0.05, 0) is 12.0 Å². The number of aryl methyl sites for hydroxylation is 1. The van der Waals surface area contributed by atoms with Gasteiger partial charge < -0.3 is 9.42 Å². The van der Waals surface area contributed by atoms with E-state index < -0.39 is 0 Å². The lowest BCUT2D eigenvalue weighted by Crippen LogP contribution is -2.27. The highest BCUT2D eigenvalue weighted by atomic mass is 16.5. The van der Waals surface area contributed by atoms with E-state index in [9.17, 15) is 4.79 Å². The summed E-state index contributed by atoms with van der Waals surface area (Å²) in [6.07, 6.45) is 1.36. The summed E-state index contributed by atoms with van der Waals surface area (Å²) in [5.41, 5.74) is 1.25. The molecule has 1 unspecified atom stereocenters. The van der Waals surface area contributed by atoms with Crippen LogP contribution in [0.3, 0.4) is 0 Å². The molecule has 1 aliphatic rings. The summed E-state index contributed by atoms with van der Waals surface area (Å²) in [7, 11) is 0. The van der Waals surface area contributed by atoms with Gasteiger partial charge in [0.1, 0.15) is 0 Å². The van der Waals surface area contributed by atoms with Gasteiger partial charge in [0.05, 0.1) is 0 Å². The van der Waals surface area contributed by atoms with E-state index in [1.165, 1.54) is 5.56 Å². The zero-order valence-electron chi connectivity index (χ0n) is 11.5. The standard InChI is InChI=1S/C15H17N3O2/c1-11-16-15(17-20-11)13-9-14(19)18(10-13)8-7-12-5-3-2-4-6-12/h2-6,13H,7-10H2,1H3. The number of nitrogens with zero attached hydrogens (tertiary/aromatic N) is 3. The first-order chi connectivity index (χ1) is 9.72. The number of amides is 1. The van der Waals surface area contributed by atoms with Gasteiger partial charge in [-0.15, -0.1) is 0 Å². The van der Waals surface area contributed by atoms with Crippen LogP contribution in [0.4, 0.5) is 0 Å². The molecule has 0 radical (unpaired) electrons. The summed E-state index contributed by atoms with van der Waals surface area (Å²) in [4.78, 5) is 18.1. The van der Waals surface area contributed by atoms with Crippen LogP contribution >= 0.6 is 0 Å². The topological polar surface area (TPSA) is 59.2 Å². The third kappa shape index (κ3) is 2.71. The molecule has 1 fully saturated rings. The minimum absolute atomic E-state index is 0.0655. The fraction of sp³-hybridized carbons (Fsp3) is 0.400. The average molecular weight is 271 g/mol. The van der Waals surface area contributed by atoms with Crippen LogP contribution in [0.2, 0.25) is 0 Å². The second-order valence-electron chi connectivity index (χ2n) is 5.15. The number of likely N-dealkylation sites (tertiary alicyclic amines) is 1. The van der Waals surface area contributed by atoms with Gasteiger partial charge in [-0.25, -0.2) is 0 Å². The van der Waals surface area contributed by atoms with Gasteiger partial charge in [0.25, 0.3) is 0 Å². The molecule has 5 nitrogen and oxygen atoms in total. The molecular weight excluding hydrogens is 254 g/mol. The number of hydrogen-bond donors (Lipinski definition) is 0. The third-order valence-electron chi connectivity index (χ3n) is 3.64. The van der Waals surface area contributed by atoms with Crippen LogP contribution < -0.4 is 0 Å². The number of benzene rings is 1. The predicted octanol–water partition coefficient (Wildman–Crippen LogP) is 1.94. The predicted molar refractivity (Wildman–Crippen MR) is 73.1 cm³/mol. The minimum atomic E-state index is 0.0655. The molecule has 0 bridgehead atoms. The zero-order valence-corrected chi connectivity index (χ0v) is 11.5. The fourth-order valence-corrected chi connectivity index (χ4v) is 2.55. The number of aromatic nitrogens is 2. The lowest BCUT2D eigenvalue weighted by atomic mass is 10.1. The van der Waals surface area contributed by atoms with E-state index >= 15 is 0 Å². The van der Waals surface area contributed by atoms with E-state index in [4.69, 9.17) is 4.52 Å². The van der Waals surface area contributed by atoms with Crippen molar-refractivity contribution in [3.8, 4) is 0 Å². The minimum Gasteiger partial charge on any atom is -0.342 e. The molecule has 0 spiro atoms. The molecule has 1 aromatic heterocycles. The molecule has 20 heavy (non-hydrogen) atoms. The second-order valence-corrected chi connectivity index (χ2v) is 5.15. The smallest absolute Gasteiger partial charge is 0.223 e. The van der Waals surface area contributed by atoms with Crippen LogP contribution in [0.1, 0.15) is 29.6 Å². The molecule has 0 saturated carbocycles. The van der Waals surface area contributed by atoms with Crippen LogP contribution in [0.25, 0.3) is 0 Å². The molecule has 5 heteroatoms. The highest BCUT2D eigenvalue weighted by Crippen LogP contribution is 2.26. The van der Waals surface area contributed by atoms with Crippen LogP contribution in [-0.2, 0) is 11.2 Å². The van der Waals surface area contributed by atoms with Gasteiger partial charge in [0.15, 0.2) is 5.82 Å². The molecule has 3 rings (SSSR count). The van der Waals surface area contributed by atoms with Crippen molar-refractivity contribution in [2.24, 2.45) is 0 Å². The van der Waals surface area contributed by atoms with Crippen LogP contribution in [0.15, 0.2) is 34.9 Å². The summed E-state index contributed by atoms with van der Waals surface area (Å²) >= 11 is 0. The highest BCUT2D eigenvalue weighted by Gasteiger charge is 2.33. The van der Waals surface area contributed by atoms with Crippen LogP contribution in [0, 0.1) is 6.92 Å². The van der Waals surface area contributed by atoms with E-state index in [0.29, 0.717) is 24.7 Å². The normalized spacial score (nSPS) is 18.8. The quantitative estimate of drug-likeness (QED) is 0.852. The first-order valence-electron chi connectivity index (χ1n) is 6.84. The van der Waals surface area contributed by atoms with E-state index in [-0.39, 0.29) is 11.8 Å². The Labute approximate surface area is 117 Å². The van der Waals surface area contributed by atoms with Gasteiger partial charge >= 0.3 is 0 Å². The van der Waals surface area contributed by atoms with Crippen molar-refractivity contribution in [3.63, 3.8) is 0 Å². The molecule has 1 aromatic carbocycles. The Morgan fingerprint density at radius 3 is 2.85 bits per heavy atom. The Bertz CT molecular complexity index is 594. The Kier molecular flexibility index (Phi) is 3.50. The summed E-state index contributed by atoms with van der Waals surface area (Å²) < 4.78 is 4.99. The maximum Gasteiger partial charge on any atom is 0.223 e. The van der Waals surface area contributed by atoms with Crippen molar-refractivity contribution < 1.29 is 9.32 Å². The number of rotatable bonds is 4. The number of carbonyl (C=O) groups is 1. The highest BCUT2D eigenvalue weighted by molar-refractivity contribution is 5.79. The molecule has 2 heterocycles. The molecule has 0 aliphatic carbocycles. The first-order valence-corrected chi connectivity index (χ1v) is 6.84. The Morgan fingerprint density at radius 1 is 1.35 bits per heavy atom. The molecule has 104 valence electrons. The van der Waals surface area contributed by atoms with Gasteiger partial charge in [-0.1, -0.05) is 35.5 Å². The third-order valence-corrected chi connectivity index (χ3v) is 3.64. The molecule has 0 N–H and O–H groups in total. The maximum atomic E-state index is 12.0.